The van der Waals surface area contributed by atoms with E-state index in [2.05, 4.69) is 24.5 Å². The zero-order valence-corrected chi connectivity index (χ0v) is 10.9. The van der Waals surface area contributed by atoms with E-state index < -0.39 is 0 Å². The van der Waals surface area contributed by atoms with Gasteiger partial charge in [0.25, 0.3) is 0 Å². The normalized spacial score (nSPS) is 14.6. The quantitative estimate of drug-likeness (QED) is 0.625. The molecular weight excluding hydrogens is 204 g/mol. The molecule has 0 aromatic heterocycles. The van der Waals surface area contributed by atoms with Gasteiger partial charge < -0.3 is 15.7 Å². The smallest absolute Gasteiger partial charge is 0.315 e. The molecule has 2 unspecified atom stereocenters. The van der Waals surface area contributed by atoms with E-state index in [1.807, 2.05) is 6.92 Å². The fraction of sp³-hybridized carbons (Fsp3) is 0.917. The number of nitrogens with one attached hydrogen (secondary N) is 2. The second-order valence-electron chi connectivity index (χ2n) is 4.56. The highest BCUT2D eigenvalue weighted by Gasteiger charge is 2.10. The van der Waals surface area contributed by atoms with Gasteiger partial charge in [0.2, 0.25) is 0 Å². The molecule has 0 radical (unpaired) electrons. The molecule has 0 bridgehead atoms. The van der Waals surface area contributed by atoms with Gasteiger partial charge in [0.1, 0.15) is 0 Å². The minimum absolute atomic E-state index is 0.105. The standard InChI is InChI=1S/C12H26N2O2/c1-5-11(6-2)14-12(16)13-8-9(3)7-10(4)15/h9-11,15H,5-8H2,1-4H3,(H2,13,14,16). The summed E-state index contributed by atoms with van der Waals surface area (Å²) in [7, 11) is 0. The van der Waals surface area contributed by atoms with Gasteiger partial charge in [-0.2, -0.15) is 0 Å². The van der Waals surface area contributed by atoms with Crippen LogP contribution < -0.4 is 10.6 Å². The molecule has 0 heterocycles. The average molecular weight is 230 g/mol. The third-order valence-corrected chi connectivity index (χ3v) is 2.68. The molecular formula is C12H26N2O2. The van der Waals surface area contributed by atoms with Crippen LogP contribution in [0.25, 0.3) is 0 Å². The number of aliphatic hydroxyl groups excluding tert-OH is 1. The Kier molecular flexibility index (Phi) is 7.99. The molecule has 0 fully saturated rings. The molecule has 3 N–H and O–H groups in total. The van der Waals surface area contributed by atoms with E-state index in [0.29, 0.717) is 18.9 Å². The van der Waals surface area contributed by atoms with Crippen LogP contribution in [-0.4, -0.2) is 29.8 Å². The highest BCUT2D eigenvalue weighted by molar-refractivity contribution is 5.74. The first-order valence-corrected chi connectivity index (χ1v) is 6.21. The molecule has 0 aliphatic heterocycles. The Hall–Kier alpha value is -0.770. The van der Waals surface area contributed by atoms with Crippen LogP contribution in [-0.2, 0) is 0 Å². The molecule has 0 aliphatic carbocycles. The number of hydrogen-bond acceptors (Lipinski definition) is 2. The molecule has 0 rings (SSSR count). The van der Waals surface area contributed by atoms with Crippen molar-refractivity contribution in [2.24, 2.45) is 5.92 Å². The van der Waals surface area contributed by atoms with Gasteiger partial charge in [0.05, 0.1) is 6.10 Å². The number of carbonyl (C=O) groups is 1. The largest absolute Gasteiger partial charge is 0.393 e. The van der Waals surface area contributed by atoms with Gasteiger partial charge in [-0.15, -0.1) is 0 Å². The first-order valence-electron chi connectivity index (χ1n) is 6.21. The first-order chi connectivity index (χ1) is 7.49. The molecule has 16 heavy (non-hydrogen) atoms. The van der Waals surface area contributed by atoms with Gasteiger partial charge in [-0.3, -0.25) is 0 Å². The van der Waals surface area contributed by atoms with Gasteiger partial charge in [0.15, 0.2) is 0 Å². The van der Waals surface area contributed by atoms with E-state index >= 15 is 0 Å². The molecule has 2 amide bonds. The Bertz CT molecular complexity index is 191. The summed E-state index contributed by atoms with van der Waals surface area (Å²) in [6.45, 7) is 8.51. The van der Waals surface area contributed by atoms with Crippen LogP contribution in [0, 0.1) is 5.92 Å². The van der Waals surface area contributed by atoms with Crippen molar-refractivity contribution in [1.82, 2.24) is 10.6 Å². The second-order valence-corrected chi connectivity index (χ2v) is 4.56. The molecule has 0 saturated heterocycles. The second kappa shape index (κ2) is 8.39. The fourth-order valence-corrected chi connectivity index (χ4v) is 1.66. The van der Waals surface area contributed by atoms with Gasteiger partial charge in [-0.1, -0.05) is 20.8 Å². The molecule has 0 aromatic rings. The van der Waals surface area contributed by atoms with E-state index in [1.54, 1.807) is 6.92 Å². The highest BCUT2D eigenvalue weighted by Crippen LogP contribution is 2.03. The van der Waals surface area contributed by atoms with E-state index in [1.165, 1.54) is 0 Å². The van der Waals surface area contributed by atoms with Crippen LogP contribution in [0.1, 0.15) is 47.0 Å². The fourth-order valence-electron chi connectivity index (χ4n) is 1.66. The minimum atomic E-state index is -0.307. The summed E-state index contributed by atoms with van der Waals surface area (Å²) in [6.07, 6.45) is 2.31. The summed E-state index contributed by atoms with van der Waals surface area (Å²) in [5.41, 5.74) is 0. The molecule has 0 saturated carbocycles. The maximum absolute atomic E-state index is 11.5. The number of amides is 2. The van der Waals surface area contributed by atoms with Crippen molar-refractivity contribution in [2.45, 2.75) is 59.1 Å². The Morgan fingerprint density at radius 2 is 1.81 bits per heavy atom. The predicted molar refractivity (Wildman–Crippen MR) is 66.4 cm³/mol. The summed E-state index contributed by atoms with van der Waals surface area (Å²) in [5, 5.41) is 14.9. The van der Waals surface area contributed by atoms with Crippen LogP contribution in [0.5, 0.6) is 0 Å². The number of aliphatic hydroxyl groups is 1. The topological polar surface area (TPSA) is 61.4 Å². The Morgan fingerprint density at radius 3 is 2.25 bits per heavy atom. The molecule has 96 valence electrons. The number of carbonyl (C=O) groups excluding carboxylic acids is 1. The number of urea groups is 1. The SMILES string of the molecule is CCC(CC)NC(=O)NCC(C)CC(C)O. The highest BCUT2D eigenvalue weighted by atomic mass is 16.3. The minimum Gasteiger partial charge on any atom is -0.393 e. The summed E-state index contributed by atoms with van der Waals surface area (Å²) < 4.78 is 0. The van der Waals surface area contributed by atoms with Crippen molar-refractivity contribution in [3.63, 3.8) is 0 Å². The van der Waals surface area contributed by atoms with Gasteiger partial charge in [-0.25, -0.2) is 4.79 Å². The monoisotopic (exact) mass is 230 g/mol. The summed E-state index contributed by atoms with van der Waals surface area (Å²) in [6, 6.07) is 0.151. The lowest BCUT2D eigenvalue weighted by molar-refractivity contribution is 0.163. The third kappa shape index (κ3) is 7.51. The molecule has 4 nitrogen and oxygen atoms in total. The summed E-state index contributed by atoms with van der Waals surface area (Å²) in [5.74, 6) is 0.299. The lowest BCUT2D eigenvalue weighted by Crippen LogP contribution is -2.43. The van der Waals surface area contributed by atoms with E-state index in [-0.39, 0.29) is 18.2 Å². The third-order valence-electron chi connectivity index (χ3n) is 2.68. The lowest BCUT2D eigenvalue weighted by atomic mass is 10.1. The molecule has 2 atom stereocenters. The molecule has 0 spiro atoms. The van der Waals surface area contributed by atoms with Gasteiger partial charge in [-0.05, 0) is 32.1 Å². The van der Waals surface area contributed by atoms with Crippen molar-refractivity contribution in [2.75, 3.05) is 6.54 Å². The van der Waals surface area contributed by atoms with E-state index in [0.717, 1.165) is 12.8 Å². The van der Waals surface area contributed by atoms with Crippen LogP contribution in [0.3, 0.4) is 0 Å². The number of rotatable bonds is 7. The Balaban J connectivity index is 3.72. The number of hydrogen-bond donors (Lipinski definition) is 3. The van der Waals surface area contributed by atoms with E-state index in [4.69, 9.17) is 0 Å². The van der Waals surface area contributed by atoms with Gasteiger partial charge >= 0.3 is 6.03 Å². The van der Waals surface area contributed by atoms with Crippen molar-refractivity contribution in [1.29, 1.82) is 0 Å². The predicted octanol–water partition coefficient (Wildman–Crippen LogP) is 1.88. The summed E-state index contributed by atoms with van der Waals surface area (Å²) >= 11 is 0. The van der Waals surface area contributed by atoms with E-state index in [9.17, 15) is 9.90 Å². The van der Waals surface area contributed by atoms with Crippen molar-refractivity contribution >= 4 is 6.03 Å². The average Bonchev–Trinajstić information content (AvgIpc) is 2.22. The molecule has 0 aliphatic rings. The Morgan fingerprint density at radius 1 is 1.25 bits per heavy atom. The lowest BCUT2D eigenvalue weighted by Gasteiger charge is -2.18. The van der Waals surface area contributed by atoms with Crippen LogP contribution >= 0.6 is 0 Å². The van der Waals surface area contributed by atoms with Crippen molar-refractivity contribution < 1.29 is 9.90 Å². The van der Waals surface area contributed by atoms with Crippen molar-refractivity contribution in [3.8, 4) is 0 Å². The maximum Gasteiger partial charge on any atom is 0.315 e. The Labute approximate surface area is 98.8 Å². The van der Waals surface area contributed by atoms with Crippen LogP contribution in [0.15, 0.2) is 0 Å². The summed E-state index contributed by atoms with van der Waals surface area (Å²) in [4.78, 5) is 11.5. The zero-order valence-electron chi connectivity index (χ0n) is 10.9. The first kappa shape index (κ1) is 15.2. The zero-order chi connectivity index (χ0) is 12.6. The molecule has 4 heteroatoms. The maximum atomic E-state index is 11.5. The molecule has 0 aromatic carbocycles. The van der Waals surface area contributed by atoms with Gasteiger partial charge in [0, 0.05) is 12.6 Å². The van der Waals surface area contributed by atoms with Crippen molar-refractivity contribution in [3.05, 3.63) is 0 Å². The van der Waals surface area contributed by atoms with Crippen LogP contribution in [0.2, 0.25) is 0 Å². The van der Waals surface area contributed by atoms with Crippen LogP contribution in [0.4, 0.5) is 4.79 Å².